The zero-order chi connectivity index (χ0) is 55.2. The number of rotatable bonds is 24. The molecule has 408 valence electrons. The van der Waals surface area contributed by atoms with Crippen LogP contribution in [0.15, 0.2) is 146 Å². The number of aliphatic hydroxyl groups is 3. The molecule has 0 unspecified atom stereocenters. The van der Waals surface area contributed by atoms with Crippen molar-refractivity contribution >= 4 is 0 Å². The van der Waals surface area contributed by atoms with Crippen LogP contribution in [0.2, 0.25) is 0 Å². The summed E-state index contributed by atoms with van der Waals surface area (Å²) in [5, 5.41) is 59.8. The van der Waals surface area contributed by atoms with Gasteiger partial charge in [-0.3, -0.25) is 14.7 Å². The molecule has 0 spiro atoms. The largest absolute Gasteiger partial charge is 0.508 e. The first-order valence-electron chi connectivity index (χ1n) is 27.5. The number of nitrogens with zero attached hydrogens (tertiary/aromatic N) is 3. The molecule has 0 aliphatic carbocycles. The van der Waals surface area contributed by atoms with Crippen LogP contribution in [0.25, 0.3) is 0 Å². The van der Waals surface area contributed by atoms with Gasteiger partial charge in [-0.15, -0.1) is 0 Å². The van der Waals surface area contributed by atoms with Gasteiger partial charge < -0.3 is 30.6 Å². The molecule has 9 heteroatoms. The van der Waals surface area contributed by atoms with Crippen LogP contribution < -0.4 is 0 Å². The van der Waals surface area contributed by atoms with E-state index >= 15 is 0 Å². The molecule has 0 aliphatic rings. The van der Waals surface area contributed by atoms with E-state index in [4.69, 9.17) is 0 Å². The topological polar surface area (TPSA) is 131 Å². The van der Waals surface area contributed by atoms with Gasteiger partial charge in [-0.2, -0.15) is 0 Å². The fourth-order valence-electron chi connectivity index (χ4n) is 10.7. The highest BCUT2D eigenvalue weighted by Crippen LogP contribution is 2.38. The minimum absolute atomic E-state index is 0.0150. The van der Waals surface area contributed by atoms with Gasteiger partial charge in [0.05, 0.1) is 19.8 Å². The third kappa shape index (κ3) is 18.9. The SMILES string of the molecule is CC(C)N(CC[C@H](c1ccccc1)c1cc(CO)ccc1O)C(C)C.CC(C)N(CC[C@H](c1ccccc1)c1cc(CO)ccc1O)C(C)C.CC(C)N(CC[C@H](c1ccccc1)c1cc(CO)ccc1O)C(C)C. The molecule has 3 atom stereocenters. The van der Waals surface area contributed by atoms with Gasteiger partial charge in [0, 0.05) is 70.7 Å². The van der Waals surface area contributed by atoms with Gasteiger partial charge >= 0.3 is 0 Å². The van der Waals surface area contributed by atoms with Gasteiger partial charge in [0.15, 0.2) is 0 Å². The standard InChI is InChI=1S/3C22H31NO2/c3*1-16(2)23(17(3)4)13-12-20(19-8-6-5-7-9-19)21-14-18(15-24)10-11-22(21)25/h3*5-11,14,16-17,20,24-25H,12-13,15H2,1-4H3/t3*20-/m111/s1. The normalized spacial score (nSPS) is 13.0. The van der Waals surface area contributed by atoms with E-state index in [0.29, 0.717) is 53.5 Å². The molecule has 0 heterocycles. The molecule has 6 aromatic carbocycles. The Morgan fingerprint density at radius 2 is 0.520 bits per heavy atom. The van der Waals surface area contributed by atoms with E-state index in [9.17, 15) is 30.6 Å². The van der Waals surface area contributed by atoms with Crippen molar-refractivity contribution in [3.63, 3.8) is 0 Å². The molecule has 75 heavy (non-hydrogen) atoms. The number of hydrogen-bond donors (Lipinski definition) is 6. The predicted molar refractivity (Wildman–Crippen MR) is 312 cm³/mol. The average molecular weight is 1020 g/mol. The minimum Gasteiger partial charge on any atom is -0.508 e. The molecular weight excluding hydrogens is 931 g/mol. The number of benzene rings is 6. The van der Waals surface area contributed by atoms with E-state index in [-0.39, 0.29) is 37.6 Å². The van der Waals surface area contributed by atoms with Crippen LogP contribution in [0.5, 0.6) is 17.2 Å². The van der Waals surface area contributed by atoms with Crippen LogP contribution in [0.4, 0.5) is 0 Å². The molecule has 0 radical (unpaired) electrons. The summed E-state index contributed by atoms with van der Waals surface area (Å²) in [6.07, 6.45) is 2.76. The third-order valence-corrected chi connectivity index (χ3v) is 14.6. The Morgan fingerprint density at radius 1 is 0.307 bits per heavy atom. The lowest BCUT2D eigenvalue weighted by Crippen LogP contribution is -2.38. The van der Waals surface area contributed by atoms with Gasteiger partial charge in [0.1, 0.15) is 17.2 Å². The molecule has 0 fully saturated rings. The second kappa shape index (κ2) is 31.5. The number of aromatic hydroxyl groups is 3. The summed E-state index contributed by atoms with van der Waals surface area (Å²) < 4.78 is 0. The predicted octanol–water partition coefficient (Wildman–Crippen LogP) is 13.6. The summed E-state index contributed by atoms with van der Waals surface area (Å²) in [6.45, 7) is 29.5. The minimum atomic E-state index is -0.0150. The molecule has 6 N–H and O–H groups in total. The van der Waals surface area contributed by atoms with E-state index in [0.717, 1.165) is 72.3 Å². The van der Waals surface area contributed by atoms with Gasteiger partial charge in [-0.05, 0) is 192 Å². The molecule has 6 aromatic rings. The second-order valence-corrected chi connectivity index (χ2v) is 21.7. The van der Waals surface area contributed by atoms with Crippen molar-refractivity contribution in [3.05, 3.63) is 196 Å². The van der Waals surface area contributed by atoms with Crippen LogP contribution in [-0.4, -0.2) is 101 Å². The van der Waals surface area contributed by atoms with E-state index in [1.807, 2.05) is 72.8 Å². The van der Waals surface area contributed by atoms with Crippen molar-refractivity contribution in [2.75, 3.05) is 19.6 Å². The number of hydrogen-bond acceptors (Lipinski definition) is 9. The van der Waals surface area contributed by atoms with Crippen LogP contribution in [0.1, 0.15) is 170 Å². The Labute approximate surface area is 452 Å². The van der Waals surface area contributed by atoms with Crippen molar-refractivity contribution in [2.45, 2.75) is 176 Å². The Kier molecular flexibility index (Phi) is 26.1. The van der Waals surface area contributed by atoms with Gasteiger partial charge in [0.25, 0.3) is 0 Å². The van der Waals surface area contributed by atoms with E-state index < -0.39 is 0 Å². The maximum atomic E-state index is 10.5. The third-order valence-electron chi connectivity index (χ3n) is 14.6. The quantitative estimate of drug-likeness (QED) is 0.0351. The fraction of sp³-hybridized carbons (Fsp3) is 0.455. The first kappa shape index (κ1) is 62.0. The molecule has 0 amide bonds. The maximum Gasteiger partial charge on any atom is 0.119 e. The Morgan fingerprint density at radius 3 is 0.707 bits per heavy atom. The monoisotopic (exact) mass is 1020 g/mol. The molecule has 0 bridgehead atoms. The molecule has 0 aliphatic heterocycles. The first-order chi connectivity index (χ1) is 35.8. The lowest BCUT2D eigenvalue weighted by molar-refractivity contribution is 0.170. The molecule has 0 aromatic heterocycles. The van der Waals surface area contributed by atoms with Crippen molar-refractivity contribution in [1.82, 2.24) is 14.7 Å². The summed E-state index contributed by atoms with van der Waals surface area (Å²) in [4.78, 5) is 7.43. The summed E-state index contributed by atoms with van der Waals surface area (Å²) in [5.41, 5.74) is 8.76. The van der Waals surface area contributed by atoms with Gasteiger partial charge in [0.2, 0.25) is 0 Å². The summed E-state index contributed by atoms with van der Waals surface area (Å²) in [6, 6.07) is 50.1. The highest BCUT2D eigenvalue weighted by Gasteiger charge is 2.25. The molecule has 9 nitrogen and oxygen atoms in total. The van der Waals surface area contributed by atoms with Crippen LogP contribution >= 0.6 is 0 Å². The average Bonchev–Trinajstić information content (AvgIpc) is 3.39. The Hall–Kier alpha value is -5.52. The fourth-order valence-corrected chi connectivity index (χ4v) is 10.7. The number of aliphatic hydroxyl groups excluding tert-OH is 3. The second-order valence-electron chi connectivity index (χ2n) is 21.7. The molecule has 6 rings (SSSR count). The summed E-state index contributed by atoms with van der Waals surface area (Å²) in [7, 11) is 0. The van der Waals surface area contributed by atoms with E-state index in [1.165, 1.54) is 16.7 Å². The van der Waals surface area contributed by atoms with Crippen molar-refractivity contribution < 1.29 is 30.6 Å². The molecular formula is C66H93N3O6. The smallest absolute Gasteiger partial charge is 0.119 e. The lowest BCUT2D eigenvalue weighted by Gasteiger charge is -2.32. The first-order valence-corrected chi connectivity index (χ1v) is 27.5. The van der Waals surface area contributed by atoms with Crippen LogP contribution in [-0.2, 0) is 19.8 Å². The highest BCUT2D eigenvalue weighted by molar-refractivity contribution is 5.46. The van der Waals surface area contributed by atoms with Gasteiger partial charge in [-0.1, -0.05) is 109 Å². The molecule has 0 saturated heterocycles. The van der Waals surface area contributed by atoms with Crippen molar-refractivity contribution in [3.8, 4) is 17.2 Å². The highest BCUT2D eigenvalue weighted by atomic mass is 16.3. The van der Waals surface area contributed by atoms with Crippen LogP contribution in [0, 0.1) is 0 Å². The summed E-state index contributed by atoms with van der Waals surface area (Å²) in [5.74, 6) is 1.21. The van der Waals surface area contributed by atoms with Crippen molar-refractivity contribution in [2.24, 2.45) is 0 Å². The van der Waals surface area contributed by atoms with Gasteiger partial charge in [-0.25, -0.2) is 0 Å². The zero-order valence-electron chi connectivity index (χ0n) is 47.4. The van der Waals surface area contributed by atoms with E-state index in [2.05, 4.69) is 134 Å². The summed E-state index contributed by atoms with van der Waals surface area (Å²) >= 11 is 0. The maximum absolute atomic E-state index is 10.5. The van der Waals surface area contributed by atoms with E-state index in [1.54, 1.807) is 36.4 Å². The molecule has 0 saturated carbocycles. The number of phenolic OH excluding ortho intramolecular Hbond substituents is 3. The lowest BCUT2D eigenvalue weighted by atomic mass is 9.86. The Bertz CT molecular complexity index is 2210. The zero-order valence-corrected chi connectivity index (χ0v) is 47.4. The van der Waals surface area contributed by atoms with Crippen molar-refractivity contribution in [1.29, 1.82) is 0 Å². The Balaban J connectivity index is 0.000000243. The van der Waals surface area contributed by atoms with Crippen LogP contribution in [0.3, 0.4) is 0 Å². The number of phenols is 3.